The van der Waals surface area contributed by atoms with Gasteiger partial charge in [-0.05, 0) is 48.6 Å². The Balaban J connectivity index is 1.62. The molecule has 2 aromatic rings. The van der Waals surface area contributed by atoms with Crippen molar-refractivity contribution in [1.82, 2.24) is 4.90 Å². The third kappa shape index (κ3) is 3.32. The monoisotopic (exact) mass is 323 g/mol. The summed E-state index contributed by atoms with van der Waals surface area (Å²) in [4.78, 5) is 25.4. The van der Waals surface area contributed by atoms with Crippen molar-refractivity contribution in [2.75, 3.05) is 6.54 Å². The first-order valence-electron chi connectivity index (χ1n) is 8.26. The number of nitrogens with zero attached hydrogens (tertiary/aromatic N) is 1. The Hall–Kier alpha value is -2.62. The third-order valence-electron chi connectivity index (χ3n) is 4.74. The summed E-state index contributed by atoms with van der Waals surface area (Å²) in [6.07, 6.45) is 1.97. The normalized spacial score (nSPS) is 16.5. The molecule has 1 aliphatic heterocycles. The van der Waals surface area contributed by atoms with Gasteiger partial charge in [0.1, 0.15) is 0 Å². The lowest BCUT2D eigenvalue weighted by atomic mass is 9.93. The van der Waals surface area contributed by atoms with Gasteiger partial charge in [0.2, 0.25) is 5.91 Å². The smallest absolute Gasteiger partial charge is 0.335 e. The molecule has 1 amide bonds. The van der Waals surface area contributed by atoms with Crippen LogP contribution in [0.5, 0.6) is 0 Å². The highest BCUT2D eigenvalue weighted by atomic mass is 16.4. The highest BCUT2D eigenvalue weighted by Gasteiger charge is 2.26. The summed E-state index contributed by atoms with van der Waals surface area (Å²) in [5, 5.41) is 8.91. The van der Waals surface area contributed by atoms with E-state index < -0.39 is 5.97 Å². The molecular formula is C20H21NO3. The topological polar surface area (TPSA) is 57.6 Å². The van der Waals surface area contributed by atoms with Gasteiger partial charge in [-0.15, -0.1) is 0 Å². The Labute approximate surface area is 141 Å². The van der Waals surface area contributed by atoms with E-state index in [0.717, 1.165) is 18.5 Å². The largest absolute Gasteiger partial charge is 0.478 e. The predicted molar refractivity (Wildman–Crippen MR) is 92.0 cm³/mol. The molecule has 1 unspecified atom stereocenters. The third-order valence-corrected chi connectivity index (χ3v) is 4.74. The van der Waals surface area contributed by atoms with Crippen LogP contribution in [0.15, 0.2) is 48.5 Å². The molecule has 4 nitrogen and oxygen atoms in total. The molecule has 0 spiro atoms. The second kappa shape index (κ2) is 6.87. The van der Waals surface area contributed by atoms with E-state index in [1.807, 2.05) is 17.0 Å². The molecule has 3 rings (SSSR count). The average Bonchev–Trinajstić information content (AvgIpc) is 2.60. The Morgan fingerprint density at radius 1 is 1.12 bits per heavy atom. The van der Waals surface area contributed by atoms with Crippen LogP contribution in [0.1, 0.15) is 46.4 Å². The summed E-state index contributed by atoms with van der Waals surface area (Å²) in [7, 11) is 0. The maximum absolute atomic E-state index is 12.6. The number of carbonyl (C=O) groups is 2. The number of amides is 1. The SMILES string of the molecule is CC1c2ccccc2CCN1C(=O)CCc1ccc(C(=O)O)cc1. The van der Waals surface area contributed by atoms with Crippen molar-refractivity contribution < 1.29 is 14.7 Å². The average molecular weight is 323 g/mol. The van der Waals surface area contributed by atoms with E-state index in [1.54, 1.807) is 24.3 Å². The van der Waals surface area contributed by atoms with Gasteiger partial charge in [-0.2, -0.15) is 0 Å². The fraction of sp³-hybridized carbons (Fsp3) is 0.300. The van der Waals surface area contributed by atoms with Crippen LogP contribution in [-0.2, 0) is 17.6 Å². The number of aryl methyl sites for hydroxylation is 1. The van der Waals surface area contributed by atoms with Crippen LogP contribution in [0.25, 0.3) is 0 Å². The first-order valence-corrected chi connectivity index (χ1v) is 8.26. The van der Waals surface area contributed by atoms with Crippen LogP contribution in [0.2, 0.25) is 0 Å². The minimum Gasteiger partial charge on any atom is -0.478 e. The van der Waals surface area contributed by atoms with E-state index in [0.29, 0.717) is 12.8 Å². The van der Waals surface area contributed by atoms with Gasteiger partial charge in [-0.1, -0.05) is 36.4 Å². The Morgan fingerprint density at radius 3 is 2.54 bits per heavy atom. The molecule has 0 aliphatic carbocycles. The number of carboxylic acid groups (broad SMARTS) is 1. The molecule has 1 heterocycles. The maximum Gasteiger partial charge on any atom is 0.335 e. The molecule has 24 heavy (non-hydrogen) atoms. The summed E-state index contributed by atoms with van der Waals surface area (Å²) < 4.78 is 0. The number of hydrogen-bond acceptors (Lipinski definition) is 2. The first-order chi connectivity index (χ1) is 11.6. The van der Waals surface area contributed by atoms with Crippen LogP contribution in [-0.4, -0.2) is 28.4 Å². The Bertz CT molecular complexity index is 752. The van der Waals surface area contributed by atoms with Crippen LogP contribution >= 0.6 is 0 Å². The zero-order valence-corrected chi connectivity index (χ0v) is 13.7. The van der Waals surface area contributed by atoms with E-state index in [4.69, 9.17) is 5.11 Å². The standard InChI is InChI=1S/C20H21NO3/c1-14-18-5-3-2-4-16(18)12-13-21(14)19(22)11-8-15-6-9-17(10-7-15)20(23)24/h2-7,9-10,14H,8,11-13H2,1H3,(H,23,24). The van der Waals surface area contributed by atoms with E-state index >= 15 is 0 Å². The van der Waals surface area contributed by atoms with Crippen LogP contribution in [0.3, 0.4) is 0 Å². The molecule has 2 aromatic carbocycles. The maximum atomic E-state index is 12.6. The van der Waals surface area contributed by atoms with Gasteiger partial charge < -0.3 is 10.0 Å². The molecular weight excluding hydrogens is 302 g/mol. The molecule has 0 radical (unpaired) electrons. The van der Waals surface area contributed by atoms with Crippen molar-refractivity contribution in [3.05, 3.63) is 70.8 Å². The molecule has 0 aromatic heterocycles. The quantitative estimate of drug-likeness (QED) is 0.937. The summed E-state index contributed by atoms with van der Waals surface area (Å²) in [5.74, 6) is -0.780. The number of hydrogen-bond donors (Lipinski definition) is 1. The fourth-order valence-corrected chi connectivity index (χ4v) is 3.32. The van der Waals surface area contributed by atoms with E-state index in [2.05, 4.69) is 19.1 Å². The van der Waals surface area contributed by atoms with Crippen molar-refractivity contribution in [1.29, 1.82) is 0 Å². The van der Waals surface area contributed by atoms with Gasteiger partial charge in [-0.3, -0.25) is 4.79 Å². The molecule has 4 heteroatoms. The molecule has 1 aliphatic rings. The number of benzene rings is 2. The predicted octanol–water partition coefficient (Wildman–Crippen LogP) is 3.46. The zero-order valence-electron chi connectivity index (χ0n) is 13.7. The molecule has 0 saturated carbocycles. The summed E-state index contributed by atoms with van der Waals surface area (Å²) >= 11 is 0. The summed E-state index contributed by atoms with van der Waals surface area (Å²) in [6.45, 7) is 2.84. The minimum absolute atomic E-state index is 0.108. The second-order valence-electron chi connectivity index (χ2n) is 6.21. The fourth-order valence-electron chi connectivity index (χ4n) is 3.32. The highest BCUT2D eigenvalue weighted by Crippen LogP contribution is 2.29. The zero-order chi connectivity index (χ0) is 17.1. The van der Waals surface area contributed by atoms with Gasteiger partial charge in [0.05, 0.1) is 11.6 Å². The molecule has 1 atom stereocenters. The summed E-state index contributed by atoms with van der Waals surface area (Å²) in [5.41, 5.74) is 3.82. The first kappa shape index (κ1) is 16.2. The van der Waals surface area contributed by atoms with Crippen molar-refractivity contribution in [2.45, 2.75) is 32.2 Å². The van der Waals surface area contributed by atoms with Gasteiger partial charge in [-0.25, -0.2) is 4.79 Å². The van der Waals surface area contributed by atoms with E-state index in [-0.39, 0.29) is 17.5 Å². The van der Waals surface area contributed by atoms with Gasteiger partial charge >= 0.3 is 5.97 Å². The molecule has 0 fully saturated rings. The van der Waals surface area contributed by atoms with E-state index in [9.17, 15) is 9.59 Å². The Morgan fingerprint density at radius 2 is 1.83 bits per heavy atom. The van der Waals surface area contributed by atoms with Gasteiger partial charge in [0, 0.05) is 13.0 Å². The van der Waals surface area contributed by atoms with Crippen LogP contribution < -0.4 is 0 Å². The molecule has 0 bridgehead atoms. The molecule has 0 saturated heterocycles. The number of carboxylic acids is 1. The van der Waals surface area contributed by atoms with Gasteiger partial charge in [0.25, 0.3) is 0 Å². The number of carbonyl (C=O) groups excluding carboxylic acids is 1. The number of rotatable bonds is 4. The minimum atomic E-state index is -0.932. The Kier molecular flexibility index (Phi) is 4.65. The van der Waals surface area contributed by atoms with E-state index in [1.165, 1.54) is 11.1 Å². The lowest BCUT2D eigenvalue weighted by molar-refractivity contribution is -0.133. The molecule has 1 N–H and O–H groups in total. The second-order valence-corrected chi connectivity index (χ2v) is 6.21. The van der Waals surface area contributed by atoms with Crippen molar-refractivity contribution in [3.63, 3.8) is 0 Å². The summed E-state index contributed by atoms with van der Waals surface area (Å²) in [6, 6.07) is 15.1. The number of fused-ring (bicyclic) bond motifs is 1. The van der Waals surface area contributed by atoms with Crippen molar-refractivity contribution in [3.8, 4) is 0 Å². The highest BCUT2D eigenvalue weighted by molar-refractivity contribution is 5.87. The van der Waals surface area contributed by atoms with Crippen LogP contribution in [0, 0.1) is 0 Å². The van der Waals surface area contributed by atoms with Crippen molar-refractivity contribution >= 4 is 11.9 Å². The van der Waals surface area contributed by atoms with Crippen LogP contribution in [0.4, 0.5) is 0 Å². The molecule has 124 valence electrons. The van der Waals surface area contributed by atoms with Crippen molar-refractivity contribution in [2.24, 2.45) is 0 Å². The lowest BCUT2D eigenvalue weighted by Crippen LogP contribution is -2.38. The lowest BCUT2D eigenvalue weighted by Gasteiger charge is -2.35. The number of aromatic carboxylic acids is 1. The van der Waals surface area contributed by atoms with Gasteiger partial charge in [0.15, 0.2) is 0 Å².